The van der Waals surface area contributed by atoms with E-state index < -0.39 is 0 Å². The highest BCUT2D eigenvalue weighted by molar-refractivity contribution is 9.10. The van der Waals surface area contributed by atoms with E-state index in [1.807, 2.05) is 6.07 Å². The average molecular weight is 258 g/mol. The van der Waals surface area contributed by atoms with Gasteiger partial charge in [0.15, 0.2) is 0 Å². The fraction of sp³-hybridized carbons (Fsp3) is 0.455. The number of hydrogen-bond acceptors (Lipinski definition) is 1. The van der Waals surface area contributed by atoms with Crippen molar-refractivity contribution in [2.45, 2.75) is 12.8 Å². The predicted molar refractivity (Wildman–Crippen MR) is 58.8 cm³/mol. The maximum absolute atomic E-state index is 13.5. The molecule has 0 amide bonds. The highest BCUT2D eigenvalue weighted by Gasteiger charge is 2.17. The van der Waals surface area contributed by atoms with Gasteiger partial charge in [0.1, 0.15) is 5.82 Å². The van der Waals surface area contributed by atoms with Crippen LogP contribution in [0.15, 0.2) is 22.7 Å². The second-order valence-corrected chi connectivity index (χ2v) is 4.62. The van der Waals surface area contributed by atoms with Crippen LogP contribution < -0.4 is 5.32 Å². The summed E-state index contributed by atoms with van der Waals surface area (Å²) in [6.07, 6.45) is 1.99. The zero-order chi connectivity index (χ0) is 9.97. The molecule has 0 aliphatic carbocycles. The molecule has 1 nitrogen and oxygen atoms in total. The standard InChI is InChI=1S/C11H13BrFN/c12-10-2-1-3-11(13)9(10)6-8-4-5-14-7-8/h1-3,8,14H,4-7H2. The van der Waals surface area contributed by atoms with E-state index in [9.17, 15) is 4.39 Å². The number of benzene rings is 1. The zero-order valence-corrected chi connectivity index (χ0v) is 9.48. The Hall–Kier alpha value is -0.410. The van der Waals surface area contributed by atoms with Crippen molar-refractivity contribution in [1.82, 2.24) is 5.32 Å². The molecule has 0 spiro atoms. The van der Waals surface area contributed by atoms with E-state index in [-0.39, 0.29) is 5.82 Å². The zero-order valence-electron chi connectivity index (χ0n) is 7.89. The van der Waals surface area contributed by atoms with E-state index in [1.165, 1.54) is 6.07 Å². The largest absolute Gasteiger partial charge is 0.316 e. The molecule has 2 rings (SSSR count). The van der Waals surface area contributed by atoms with E-state index in [1.54, 1.807) is 6.07 Å². The SMILES string of the molecule is Fc1cccc(Br)c1CC1CCNC1. The molecule has 0 radical (unpaired) electrons. The minimum Gasteiger partial charge on any atom is -0.316 e. The van der Waals surface area contributed by atoms with Crippen LogP contribution in [0.3, 0.4) is 0 Å². The van der Waals surface area contributed by atoms with Gasteiger partial charge in [0.25, 0.3) is 0 Å². The molecule has 14 heavy (non-hydrogen) atoms. The lowest BCUT2D eigenvalue weighted by atomic mass is 9.98. The van der Waals surface area contributed by atoms with Gasteiger partial charge in [0.05, 0.1) is 0 Å². The minimum absolute atomic E-state index is 0.0914. The molecular formula is C11H13BrFN. The van der Waals surface area contributed by atoms with Gasteiger partial charge in [0.2, 0.25) is 0 Å². The van der Waals surface area contributed by atoms with Gasteiger partial charge >= 0.3 is 0 Å². The van der Waals surface area contributed by atoms with Gasteiger partial charge in [0, 0.05) is 10.0 Å². The Labute approximate surface area is 91.8 Å². The summed E-state index contributed by atoms with van der Waals surface area (Å²) in [5.41, 5.74) is 0.821. The monoisotopic (exact) mass is 257 g/mol. The van der Waals surface area contributed by atoms with Crippen molar-refractivity contribution in [2.75, 3.05) is 13.1 Å². The van der Waals surface area contributed by atoms with Crippen LogP contribution >= 0.6 is 15.9 Å². The Morgan fingerprint density at radius 1 is 1.50 bits per heavy atom. The van der Waals surface area contributed by atoms with Gasteiger partial charge in [-0.25, -0.2) is 4.39 Å². The van der Waals surface area contributed by atoms with Gasteiger partial charge < -0.3 is 5.32 Å². The Morgan fingerprint density at radius 2 is 2.36 bits per heavy atom. The summed E-state index contributed by atoms with van der Waals surface area (Å²) in [7, 11) is 0. The molecule has 3 heteroatoms. The van der Waals surface area contributed by atoms with Crippen LogP contribution in [-0.4, -0.2) is 13.1 Å². The summed E-state index contributed by atoms with van der Waals surface area (Å²) in [5.74, 6) is 0.495. The number of hydrogen-bond donors (Lipinski definition) is 1. The fourth-order valence-electron chi connectivity index (χ4n) is 1.90. The summed E-state index contributed by atoms with van der Waals surface area (Å²) in [6, 6.07) is 5.17. The Bertz CT molecular complexity index is 301. The van der Waals surface area contributed by atoms with E-state index in [0.717, 1.165) is 36.0 Å². The summed E-state index contributed by atoms with van der Waals surface area (Å²) < 4.78 is 14.3. The van der Waals surface area contributed by atoms with Gasteiger partial charge in [-0.15, -0.1) is 0 Å². The van der Waals surface area contributed by atoms with Crippen molar-refractivity contribution in [3.8, 4) is 0 Å². The smallest absolute Gasteiger partial charge is 0.127 e. The number of rotatable bonds is 2. The van der Waals surface area contributed by atoms with Crippen molar-refractivity contribution in [3.05, 3.63) is 34.1 Å². The molecule has 1 aromatic carbocycles. The lowest BCUT2D eigenvalue weighted by Gasteiger charge is -2.10. The molecule has 1 aromatic rings. The molecule has 1 fully saturated rings. The quantitative estimate of drug-likeness (QED) is 0.860. The lowest BCUT2D eigenvalue weighted by Crippen LogP contribution is -2.11. The minimum atomic E-state index is -0.0914. The third kappa shape index (κ3) is 2.15. The van der Waals surface area contributed by atoms with E-state index >= 15 is 0 Å². The van der Waals surface area contributed by atoms with Crippen LogP contribution in [0.5, 0.6) is 0 Å². The summed E-state index contributed by atoms with van der Waals surface area (Å²) >= 11 is 3.39. The van der Waals surface area contributed by atoms with Crippen molar-refractivity contribution in [1.29, 1.82) is 0 Å². The highest BCUT2D eigenvalue weighted by atomic mass is 79.9. The molecule has 76 valence electrons. The van der Waals surface area contributed by atoms with Gasteiger partial charge in [-0.05, 0) is 44.0 Å². The molecule has 0 aromatic heterocycles. The van der Waals surface area contributed by atoms with Crippen LogP contribution in [-0.2, 0) is 6.42 Å². The molecule has 1 aliphatic heterocycles. The summed E-state index contributed by atoms with van der Waals surface area (Å²) in [4.78, 5) is 0. The maximum Gasteiger partial charge on any atom is 0.127 e. The Balaban J connectivity index is 2.14. The second kappa shape index (κ2) is 4.41. The van der Waals surface area contributed by atoms with Gasteiger partial charge in [-0.1, -0.05) is 22.0 Å². The highest BCUT2D eigenvalue weighted by Crippen LogP contribution is 2.24. The van der Waals surface area contributed by atoms with Crippen LogP contribution in [0, 0.1) is 11.7 Å². The Kier molecular flexibility index (Phi) is 3.19. The number of nitrogens with one attached hydrogen (secondary N) is 1. The molecule has 1 N–H and O–H groups in total. The normalized spacial score (nSPS) is 21.4. The Morgan fingerprint density at radius 3 is 3.00 bits per heavy atom. The van der Waals surface area contributed by atoms with Crippen molar-refractivity contribution in [3.63, 3.8) is 0 Å². The molecule has 0 bridgehead atoms. The van der Waals surface area contributed by atoms with Crippen LogP contribution in [0.1, 0.15) is 12.0 Å². The third-order valence-electron chi connectivity index (χ3n) is 2.72. The molecule has 1 unspecified atom stereocenters. The first-order chi connectivity index (χ1) is 6.77. The van der Waals surface area contributed by atoms with Crippen molar-refractivity contribution in [2.24, 2.45) is 5.92 Å². The van der Waals surface area contributed by atoms with E-state index in [4.69, 9.17) is 0 Å². The molecule has 1 heterocycles. The summed E-state index contributed by atoms with van der Waals surface area (Å²) in [5, 5.41) is 3.29. The molecular weight excluding hydrogens is 245 g/mol. The first-order valence-corrected chi connectivity index (χ1v) is 5.70. The number of halogens is 2. The van der Waals surface area contributed by atoms with E-state index in [0.29, 0.717) is 5.92 Å². The molecule has 1 saturated heterocycles. The topological polar surface area (TPSA) is 12.0 Å². The van der Waals surface area contributed by atoms with Crippen LogP contribution in [0.2, 0.25) is 0 Å². The lowest BCUT2D eigenvalue weighted by molar-refractivity contribution is 0.542. The van der Waals surface area contributed by atoms with Gasteiger partial charge in [-0.3, -0.25) is 0 Å². The summed E-state index contributed by atoms with van der Waals surface area (Å²) in [6.45, 7) is 2.08. The van der Waals surface area contributed by atoms with Crippen LogP contribution in [0.4, 0.5) is 4.39 Å². The first-order valence-electron chi connectivity index (χ1n) is 4.91. The average Bonchev–Trinajstić information content (AvgIpc) is 2.64. The fourth-order valence-corrected chi connectivity index (χ4v) is 2.41. The molecule has 0 saturated carbocycles. The van der Waals surface area contributed by atoms with Crippen molar-refractivity contribution < 1.29 is 4.39 Å². The van der Waals surface area contributed by atoms with Crippen LogP contribution in [0.25, 0.3) is 0 Å². The molecule has 1 atom stereocenters. The maximum atomic E-state index is 13.5. The van der Waals surface area contributed by atoms with E-state index in [2.05, 4.69) is 21.2 Å². The first kappa shape index (κ1) is 10.1. The third-order valence-corrected chi connectivity index (χ3v) is 3.46. The van der Waals surface area contributed by atoms with Gasteiger partial charge in [-0.2, -0.15) is 0 Å². The predicted octanol–water partition coefficient (Wildman–Crippen LogP) is 2.74. The second-order valence-electron chi connectivity index (χ2n) is 3.76. The van der Waals surface area contributed by atoms with Crippen molar-refractivity contribution >= 4 is 15.9 Å². The molecule has 1 aliphatic rings.